The number of fused-ring (bicyclic) bond motifs is 2. The van der Waals surface area contributed by atoms with Crippen molar-refractivity contribution < 1.29 is 19.1 Å². The van der Waals surface area contributed by atoms with E-state index in [0.29, 0.717) is 34.2 Å². The smallest absolute Gasteiger partial charge is 0.417 e. The zero-order valence-electron chi connectivity index (χ0n) is 26.9. The number of ether oxygens (including phenoxy) is 2. The summed E-state index contributed by atoms with van der Waals surface area (Å²) in [5.74, 6) is 0.589. The molecule has 4 aromatic rings. The number of hydrogen-bond donors (Lipinski definition) is 1. The number of anilines is 2. The highest BCUT2D eigenvalue weighted by Gasteiger charge is 2.39. The van der Waals surface area contributed by atoms with Crippen LogP contribution >= 0.6 is 0 Å². The molecule has 0 saturated carbocycles. The highest BCUT2D eigenvalue weighted by molar-refractivity contribution is 6.12. The third-order valence-corrected chi connectivity index (χ3v) is 8.32. The number of imide groups is 1. The predicted molar refractivity (Wildman–Crippen MR) is 173 cm³/mol. The van der Waals surface area contributed by atoms with Gasteiger partial charge >= 0.3 is 6.09 Å². The zero-order chi connectivity index (χ0) is 31.9. The number of carbonyl (C=O) groups excluding carboxylic acids is 2. The molecule has 0 atom stereocenters. The first-order valence-corrected chi connectivity index (χ1v) is 15.5. The number of amides is 2. The Hall–Kier alpha value is -4.35. The molecule has 0 bridgehead atoms. The largest absolute Gasteiger partial charge is 0.443 e. The number of pyridine rings is 3. The van der Waals surface area contributed by atoms with Crippen molar-refractivity contribution in [2.45, 2.75) is 58.1 Å². The normalized spacial score (nSPS) is 15.6. The SMILES string of the molecule is CN(C)CCc1nc(Nc2cnc(-c3ccnc4c3ccn4C)c3c2C(=O)N(C(=O)OC(C)(C)C)C3)ccc1C1CCOCC1. The highest BCUT2D eigenvalue weighted by atomic mass is 16.6. The summed E-state index contributed by atoms with van der Waals surface area (Å²) in [5, 5.41) is 4.30. The predicted octanol–water partition coefficient (Wildman–Crippen LogP) is 5.66. The van der Waals surface area contributed by atoms with Crippen molar-refractivity contribution in [2.75, 3.05) is 39.2 Å². The summed E-state index contributed by atoms with van der Waals surface area (Å²) in [7, 11) is 6.05. The van der Waals surface area contributed by atoms with E-state index in [9.17, 15) is 9.59 Å². The lowest BCUT2D eigenvalue weighted by atomic mass is 9.89. The van der Waals surface area contributed by atoms with E-state index in [2.05, 4.69) is 35.4 Å². The molecule has 2 aliphatic heterocycles. The molecule has 0 aromatic carbocycles. The summed E-state index contributed by atoms with van der Waals surface area (Å²) in [6.45, 7) is 7.76. The van der Waals surface area contributed by atoms with Crippen LogP contribution in [-0.4, -0.2) is 80.8 Å². The molecule has 2 aliphatic rings. The topological polar surface area (TPSA) is 115 Å². The van der Waals surface area contributed by atoms with Crippen LogP contribution in [0, 0.1) is 0 Å². The van der Waals surface area contributed by atoms with Gasteiger partial charge in [0.2, 0.25) is 0 Å². The Balaban J connectivity index is 1.41. The van der Waals surface area contributed by atoms with Crippen LogP contribution < -0.4 is 5.32 Å². The van der Waals surface area contributed by atoms with Gasteiger partial charge in [0, 0.05) is 67.8 Å². The molecule has 0 aliphatic carbocycles. The third kappa shape index (κ3) is 6.27. The van der Waals surface area contributed by atoms with E-state index in [0.717, 1.165) is 66.2 Å². The van der Waals surface area contributed by atoms with Gasteiger partial charge < -0.3 is 24.3 Å². The van der Waals surface area contributed by atoms with Crippen molar-refractivity contribution in [3.63, 3.8) is 0 Å². The van der Waals surface area contributed by atoms with Gasteiger partial charge in [0.25, 0.3) is 5.91 Å². The van der Waals surface area contributed by atoms with Crippen molar-refractivity contribution in [1.29, 1.82) is 0 Å². The first kappa shape index (κ1) is 30.7. The first-order chi connectivity index (χ1) is 21.5. The van der Waals surface area contributed by atoms with Crippen LogP contribution in [0.5, 0.6) is 0 Å². The van der Waals surface area contributed by atoms with Crippen molar-refractivity contribution in [1.82, 2.24) is 29.3 Å². The molecular formula is C34H41N7O4. The molecule has 0 unspecified atom stereocenters. The Labute approximate surface area is 263 Å². The molecule has 45 heavy (non-hydrogen) atoms. The zero-order valence-corrected chi connectivity index (χ0v) is 26.9. The summed E-state index contributed by atoms with van der Waals surface area (Å²) in [5.41, 5.74) is 5.33. The molecule has 0 radical (unpaired) electrons. The highest BCUT2D eigenvalue weighted by Crippen LogP contribution is 2.39. The quantitative estimate of drug-likeness (QED) is 0.283. The number of aryl methyl sites for hydroxylation is 1. The Kier molecular flexibility index (Phi) is 8.32. The standard InChI is InChI=1S/C34H41N7O4/c1-34(2,3)45-33(43)41-20-25-29(32(41)42)27(19-36-30(25)23-9-14-35-31-24(23)10-16-40(31)6)38-28-8-7-22(21-12-17-44-18-13-21)26(37-28)11-15-39(4)5/h7-10,14,16,19,21H,11-13,15,17-18,20H2,1-6H3,(H,37,38). The van der Waals surface area contributed by atoms with Gasteiger partial charge in [-0.05, 0) is 77.4 Å². The average molecular weight is 612 g/mol. The van der Waals surface area contributed by atoms with Gasteiger partial charge in [0.1, 0.15) is 17.1 Å². The summed E-state index contributed by atoms with van der Waals surface area (Å²) in [6, 6.07) is 7.99. The minimum atomic E-state index is -0.755. The molecule has 11 heteroatoms. The minimum absolute atomic E-state index is 0.0434. The first-order valence-electron chi connectivity index (χ1n) is 15.5. The molecule has 1 saturated heterocycles. The molecule has 1 N–H and O–H groups in total. The molecule has 2 amide bonds. The lowest BCUT2D eigenvalue weighted by Gasteiger charge is -2.25. The maximum atomic E-state index is 14.0. The van der Waals surface area contributed by atoms with Gasteiger partial charge in [0.15, 0.2) is 0 Å². The average Bonchev–Trinajstić information content (AvgIpc) is 3.56. The number of aromatic nitrogens is 4. The molecule has 236 valence electrons. The third-order valence-electron chi connectivity index (χ3n) is 8.32. The Morgan fingerprint density at radius 2 is 1.91 bits per heavy atom. The number of likely N-dealkylation sites (N-methyl/N-ethyl adjacent to an activating group) is 1. The Bertz CT molecular complexity index is 1750. The maximum absolute atomic E-state index is 14.0. The van der Waals surface area contributed by atoms with Gasteiger partial charge in [-0.15, -0.1) is 0 Å². The maximum Gasteiger partial charge on any atom is 0.417 e. The van der Waals surface area contributed by atoms with Crippen LogP contribution in [0.4, 0.5) is 16.3 Å². The Morgan fingerprint density at radius 3 is 2.64 bits per heavy atom. The number of rotatable bonds is 7. The van der Waals surface area contributed by atoms with Gasteiger partial charge in [-0.1, -0.05) is 6.07 Å². The molecule has 0 spiro atoms. The van der Waals surface area contributed by atoms with Gasteiger partial charge in [0.05, 0.1) is 29.7 Å². The number of hydrogen-bond acceptors (Lipinski definition) is 9. The van der Waals surface area contributed by atoms with Gasteiger partial charge in [-0.25, -0.2) is 19.7 Å². The summed E-state index contributed by atoms with van der Waals surface area (Å²) >= 11 is 0. The van der Waals surface area contributed by atoms with Crippen LogP contribution in [0.2, 0.25) is 0 Å². The van der Waals surface area contributed by atoms with Crippen LogP contribution in [0.15, 0.2) is 42.9 Å². The fourth-order valence-electron chi connectivity index (χ4n) is 6.11. The second-order valence-electron chi connectivity index (χ2n) is 13.1. The number of nitrogens with zero attached hydrogens (tertiary/aromatic N) is 6. The van der Waals surface area contributed by atoms with Gasteiger partial charge in [-0.3, -0.25) is 9.78 Å². The summed E-state index contributed by atoms with van der Waals surface area (Å²) in [4.78, 5) is 45.0. The van der Waals surface area contributed by atoms with E-state index in [-0.39, 0.29) is 6.54 Å². The monoisotopic (exact) mass is 611 g/mol. The van der Waals surface area contributed by atoms with Crippen LogP contribution in [-0.2, 0) is 29.5 Å². The molecule has 1 fully saturated rings. The van der Waals surface area contributed by atoms with E-state index >= 15 is 0 Å². The minimum Gasteiger partial charge on any atom is -0.443 e. The fourth-order valence-corrected chi connectivity index (χ4v) is 6.11. The van der Waals surface area contributed by atoms with Crippen molar-refractivity contribution in [2.24, 2.45) is 7.05 Å². The molecule has 6 heterocycles. The molecular weight excluding hydrogens is 570 g/mol. The second kappa shape index (κ2) is 12.2. The lowest BCUT2D eigenvalue weighted by molar-refractivity contribution is 0.0248. The molecule has 11 nitrogen and oxygen atoms in total. The van der Waals surface area contributed by atoms with E-state index in [1.54, 1.807) is 33.2 Å². The van der Waals surface area contributed by atoms with E-state index in [1.807, 2.05) is 36.0 Å². The van der Waals surface area contributed by atoms with E-state index < -0.39 is 17.6 Å². The van der Waals surface area contributed by atoms with Crippen LogP contribution in [0.1, 0.15) is 66.7 Å². The van der Waals surface area contributed by atoms with E-state index in [4.69, 9.17) is 19.4 Å². The summed E-state index contributed by atoms with van der Waals surface area (Å²) in [6.07, 6.45) is 7.39. The van der Waals surface area contributed by atoms with Crippen LogP contribution in [0.25, 0.3) is 22.3 Å². The summed E-state index contributed by atoms with van der Waals surface area (Å²) < 4.78 is 13.2. The van der Waals surface area contributed by atoms with Crippen molar-refractivity contribution >= 4 is 34.5 Å². The van der Waals surface area contributed by atoms with Crippen molar-refractivity contribution in [3.05, 3.63) is 65.2 Å². The lowest BCUT2D eigenvalue weighted by Crippen LogP contribution is -2.37. The number of nitrogens with one attached hydrogen (secondary N) is 1. The van der Waals surface area contributed by atoms with E-state index in [1.165, 1.54) is 5.56 Å². The molecule has 6 rings (SSSR count). The van der Waals surface area contributed by atoms with Crippen LogP contribution in [0.3, 0.4) is 0 Å². The Morgan fingerprint density at radius 1 is 1.13 bits per heavy atom. The molecule has 4 aromatic heterocycles. The van der Waals surface area contributed by atoms with Gasteiger partial charge in [-0.2, -0.15) is 0 Å². The second-order valence-corrected chi connectivity index (χ2v) is 13.1. The van der Waals surface area contributed by atoms with Crippen molar-refractivity contribution in [3.8, 4) is 11.3 Å². The fraction of sp³-hybridized carbons (Fsp3) is 0.441. The number of carbonyl (C=O) groups is 2.